The molecule has 0 unspecified atom stereocenters. The Morgan fingerprint density at radius 1 is 1.13 bits per heavy atom. The van der Waals surface area contributed by atoms with Crippen LogP contribution in [0, 0.1) is 5.92 Å². The number of likely N-dealkylation sites (tertiary alicyclic amines) is 1. The summed E-state index contributed by atoms with van der Waals surface area (Å²) in [5.41, 5.74) is 0.995. The monoisotopic (exact) mass is 446 g/mol. The standard InChI is InChI=1S/C23H30N2O5S/c1-4-30-21-8-6-5-7-18(21)16-24-31(27,28)19-9-10-22(29-3)20(15-19)23(26)25-13-11-17(2)12-14-25/h5-10,15,17,24H,4,11-14,16H2,1-3H3. The number of piperidine rings is 1. The summed E-state index contributed by atoms with van der Waals surface area (Å²) in [5.74, 6) is 1.38. The molecule has 0 bridgehead atoms. The Kier molecular flexibility index (Phi) is 7.56. The number of rotatable bonds is 8. The first-order valence-electron chi connectivity index (χ1n) is 10.5. The van der Waals surface area contributed by atoms with Gasteiger partial charge in [0.25, 0.3) is 5.91 Å². The van der Waals surface area contributed by atoms with Gasteiger partial charge in [0.15, 0.2) is 0 Å². The molecule has 1 saturated heterocycles. The number of nitrogens with one attached hydrogen (secondary N) is 1. The van der Waals surface area contributed by atoms with Crippen molar-refractivity contribution in [3.05, 3.63) is 53.6 Å². The summed E-state index contributed by atoms with van der Waals surface area (Å²) in [6, 6.07) is 11.7. The van der Waals surface area contributed by atoms with E-state index in [4.69, 9.17) is 9.47 Å². The number of ether oxygens (including phenoxy) is 2. The molecule has 1 aliphatic rings. The third-order valence-corrected chi connectivity index (χ3v) is 6.91. The van der Waals surface area contributed by atoms with Gasteiger partial charge in [-0.2, -0.15) is 0 Å². The zero-order valence-electron chi connectivity index (χ0n) is 18.3. The van der Waals surface area contributed by atoms with E-state index in [1.807, 2.05) is 25.1 Å². The number of amides is 1. The number of nitrogens with zero attached hydrogens (tertiary/aromatic N) is 1. The van der Waals surface area contributed by atoms with E-state index in [1.165, 1.54) is 25.3 Å². The van der Waals surface area contributed by atoms with Gasteiger partial charge in [0.2, 0.25) is 10.0 Å². The van der Waals surface area contributed by atoms with Crippen molar-refractivity contribution in [3.8, 4) is 11.5 Å². The molecule has 1 aliphatic heterocycles. The summed E-state index contributed by atoms with van der Waals surface area (Å²) in [7, 11) is -2.37. The number of carbonyl (C=O) groups is 1. The van der Waals surface area contributed by atoms with Crippen LogP contribution in [0.1, 0.15) is 42.6 Å². The molecule has 2 aromatic rings. The Bertz CT molecular complexity index is 1010. The molecule has 0 atom stereocenters. The van der Waals surface area contributed by atoms with Crippen LogP contribution in [0.4, 0.5) is 0 Å². The van der Waals surface area contributed by atoms with Gasteiger partial charge < -0.3 is 14.4 Å². The topological polar surface area (TPSA) is 84.9 Å². The largest absolute Gasteiger partial charge is 0.496 e. The van der Waals surface area contributed by atoms with Crippen molar-refractivity contribution in [1.82, 2.24) is 9.62 Å². The van der Waals surface area contributed by atoms with Gasteiger partial charge in [-0.25, -0.2) is 13.1 Å². The second kappa shape index (κ2) is 10.2. The van der Waals surface area contributed by atoms with E-state index < -0.39 is 10.0 Å². The van der Waals surface area contributed by atoms with Gasteiger partial charge >= 0.3 is 0 Å². The molecule has 0 saturated carbocycles. The molecule has 8 heteroatoms. The molecule has 1 fully saturated rings. The van der Waals surface area contributed by atoms with Crippen molar-refractivity contribution < 1.29 is 22.7 Å². The first-order valence-corrected chi connectivity index (χ1v) is 12.0. The normalized spacial score (nSPS) is 15.0. The van der Waals surface area contributed by atoms with Crippen LogP contribution in [-0.2, 0) is 16.6 Å². The maximum absolute atomic E-state index is 13.1. The molecule has 0 aromatic heterocycles. The van der Waals surface area contributed by atoms with E-state index >= 15 is 0 Å². The van der Waals surface area contributed by atoms with E-state index in [9.17, 15) is 13.2 Å². The zero-order valence-corrected chi connectivity index (χ0v) is 19.1. The third-order valence-electron chi connectivity index (χ3n) is 5.51. The summed E-state index contributed by atoms with van der Waals surface area (Å²) >= 11 is 0. The fourth-order valence-corrected chi connectivity index (χ4v) is 4.64. The highest BCUT2D eigenvalue weighted by Crippen LogP contribution is 2.27. The summed E-state index contributed by atoms with van der Waals surface area (Å²) in [6.45, 7) is 5.94. The smallest absolute Gasteiger partial charge is 0.257 e. The summed E-state index contributed by atoms with van der Waals surface area (Å²) in [6.07, 6.45) is 1.87. The Balaban J connectivity index is 1.82. The lowest BCUT2D eigenvalue weighted by atomic mass is 9.98. The summed E-state index contributed by atoms with van der Waals surface area (Å²) in [4.78, 5) is 14.9. The van der Waals surface area contributed by atoms with Crippen molar-refractivity contribution in [2.45, 2.75) is 38.1 Å². The minimum atomic E-state index is -3.84. The molecule has 1 N–H and O–H groups in total. The fourth-order valence-electron chi connectivity index (χ4n) is 3.61. The maximum Gasteiger partial charge on any atom is 0.257 e. The molecule has 0 aliphatic carbocycles. The molecular formula is C23H30N2O5S. The molecule has 0 radical (unpaired) electrons. The van der Waals surface area contributed by atoms with Crippen LogP contribution in [0.25, 0.3) is 0 Å². The molecule has 3 rings (SSSR count). The Morgan fingerprint density at radius 3 is 2.52 bits per heavy atom. The summed E-state index contributed by atoms with van der Waals surface area (Å²) in [5, 5.41) is 0. The second-order valence-corrected chi connectivity index (χ2v) is 9.47. The number of hydrogen-bond donors (Lipinski definition) is 1. The van der Waals surface area contributed by atoms with E-state index in [2.05, 4.69) is 11.6 Å². The van der Waals surface area contributed by atoms with Crippen LogP contribution in [0.15, 0.2) is 47.4 Å². The van der Waals surface area contributed by atoms with Crippen LogP contribution in [-0.4, -0.2) is 46.0 Å². The minimum Gasteiger partial charge on any atom is -0.496 e. The number of carbonyl (C=O) groups excluding carboxylic acids is 1. The van der Waals surface area contributed by atoms with Gasteiger partial charge in [0.05, 0.1) is 24.2 Å². The molecule has 31 heavy (non-hydrogen) atoms. The molecular weight excluding hydrogens is 416 g/mol. The predicted octanol–water partition coefficient (Wildman–Crippen LogP) is 3.44. The lowest BCUT2D eigenvalue weighted by Crippen LogP contribution is -2.38. The van der Waals surface area contributed by atoms with E-state index in [1.54, 1.807) is 11.0 Å². The van der Waals surface area contributed by atoms with Gasteiger partial charge in [0, 0.05) is 25.2 Å². The Labute approximate surface area is 184 Å². The minimum absolute atomic E-state index is 0.0240. The average Bonchev–Trinajstić information content (AvgIpc) is 2.78. The van der Waals surface area contributed by atoms with Crippen molar-refractivity contribution >= 4 is 15.9 Å². The van der Waals surface area contributed by atoms with Crippen LogP contribution in [0.3, 0.4) is 0 Å². The zero-order chi connectivity index (χ0) is 22.4. The van der Waals surface area contributed by atoms with E-state index in [0.29, 0.717) is 37.1 Å². The molecule has 1 heterocycles. The quantitative estimate of drug-likeness (QED) is 0.671. The van der Waals surface area contributed by atoms with Crippen molar-refractivity contribution in [2.75, 3.05) is 26.8 Å². The maximum atomic E-state index is 13.1. The third kappa shape index (κ3) is 5.57. The van der Waals surface area contributed by atoms with Gasteiger partial charge in [0.1, 0.15) is 11.5 Å². The molecule has 2 aromatic carbocycles. The highest BCUT2D eigenvalue weighted by atomic mass is 32.2. The van der Waals surface area contributed by atoms with Crippen LogP contribution >= 0.6 is 0 Å². The predicted molar refractivity (Wildman–Crippen MR) is 119 cm³/mol. The van der Waals surface area contributed by atoms with Gasteiger partial charge in [-0.1, -0.05) is 25.1 Å². The fraction of sp³-hybridized carbons (Fsp3) is 0.435. The lowest BCUT2D eigenvalue weighted by molar-refractivity contribution is 0.0693. The Hall–Kier alpha value is -2.58. The molecule has 0 spiro atoms. The SMILES string of the molecule is CCOc1ccccc1CNS(=O)(=O)c1ccc(OC)c(C(=O)N2CCC(C)CC2)c1. The lowest BCUT2D eigenvalue weighted by Gasteiger charge is -2.30. The first-order chi connectivity index (χ1) is 14.9. The average molecular weight is 447 g/mol. The van der Waals surface area contributed by atoms with E-state index in [-0.39, 0.29) is 22.9 Å². The molecule has 168 valence electrons. The van der Waals surface area contributed by atoms with Gasteiger partial charge in [-0.15, -0.1) is 0 Å². The summed E-state index contributed by atoms with van der Waals surface area (Å²) < 4.78 is 39.4. The van der Waals surface area contributed by atoms with Crippen LogP contribution in [0.5, 0.6) is 11.5 Å². The molecule has 1 amide bonds. The van der Waals surface area contributed by atoms with Crippen molar-refractivity contribution in [2.24, 2.45) is 5.92 Å². The number of methoxy groups -OCH3 is 1. The number of para-hydroxylation sites is 1. The van der Waals surface area contributed by atoms with Crippen molar-refractivity contribution in [1.29, 1.82) is 0 Å². The van der Waals surface area contributed by atoms with Crippen molar-refractivity contribution in [3.63, 3.8) is 0 Å². The van der Waals surface area contributed by atoms with Gasteiger partial charge in [-0.3, -0.25) is 4.79 Å². The highest BCUT2D eigenvalue weighted by Gasteiger charge is 2.26. The first kappa shape index (κ1) is 23.1. The second-order valence-electron chi connectivity index (χ2n) is 7.70. The van der Waals surface area contributed by atoms with Crippen LogP contribution < -0.4 is 14.2 Å². The molecule has 7 nitrogen and oxygen atoms in total. The highest BCUT2D eigenvalue weighted by molar-refractivity contribution is 7.89. The van der Waals surface area contributed by atoms with Gasteiger partial charge in [-0.05, 0) is 49.9 Å². The number of hydrogen-bond acceptors (Lipinski definition) is 5. The number of benzene rings is 2. The van der Waals surface area contributed by atoms with E-state index in [0.717, 1.165) is 18.4 Å². The number of sulfonamides is 1. The van der Waals surface area contributed by atoms with Crippen LogP contribution in [0.2, 0.25) is 0 Å². The Morgan fingerprint density at radius 2 is 1.84 bits per heavy atom.